The Bertz CT molecular complexity index is 2060. The number of allylic oxidation sites excluding steroid dienone is 1. The van der Waals surface area contributed by atoms with E-state index in [9.17, 15) is 14.2 Å². The molecule has 1 aliphatic heterocycles. The highest BCUT2D eigenvalue weighted by molar-refractivity contribution is 7.48. The largest absolute Gasteiger partial charge is 0.475 e. The van der Waals surface area contributed by atoms with Crippen molar-refractivity contribution in [3.8, 4) is 23.3 Å². The summed E-state index contributed by atoms with van der Waals surface area (Å²) in [5.74, 6) is 0.177. The number of phosphoric ester groups is 1. The van der Waals surface area contributed by atoms with Gasteiger partial charge in [0.15, 0.2) is 0 Å². The highest BCUT2D eigenvalue weighted by Crippen LogP contribution is 2.52. The van der Waals surface area contributed by atoms with Crippen molar-refractivity contribution in [1.82, 2.24) is 4.57 Å². The summed E-state index contributed by atoms with van der Waals surface area (Å²) < 4.78 is 32.0. The molecular formula is C36H40N7O6PS. The third-order valence-electron chi connectivity index (χ3n) is 8.56. The number of nitrogens with one attached hydrogen (secondary N) is 1. The molecule has 0 saturated carbocycles. The second kappa shape index (κ2) is 16.1. The van der Waals surface area contributed by atoms with Crippen LogP contribution in [0.5, 0.6) is 0 Å². The molecule has 15 heteroatoms. The van der Waals surface area contributed by atoms with E-state index in [-0.39, 0.29) is 55.2 Å². The van der Waals surface area contributed by atoms with Gasteiger partial charge in [-0.05, 0) is 66.3 Å². The monoisotopic (exact) mass is 729 g/mol. The molecule has 51 heavy (non-hydrogen) atoms. The zero-order chi connectivity index (χ0) is 36.8. The van der Waals surface area contributed by atoms with Gasteiger partial charge < -0.3 is 14.8 Å². The average molecular weight is 730 g/mol. The van der Waals surface area contributed by atoms with E-state index in [1.165, 1.54) is 21.2 Å². The van der Waals surface area contributed by atoms with Crippen molar-refractivity contribution in [3.05, 3.63) is 79.2 Å². The minimum atomic E-state index is -4.27. The maximum atomic E-state index is 14.3. The number of hydrogen-bond acceptors (Lipinski definition) is 12. The van der Waals surface area contributed by atoms with Gasteiger partial charge >= 0.3 is 7.82 Å². The summed E-state index contributed by atoms with van der Waals surface area (Å²) in [5, 5.41) is 21.1. The van der Waals surface area contributed by atoms with Crippen LogP contribution in [0.3, 0.4) is 0 Å². The van der Waals surface area contributed by atoms with Gasteiger partial charge in [0.25, 0.3) is 11.5 Å². The summed E-state index contributed by atoms with van der Waals surface area (Å²) in [4.78, 5) is 39.1. The molecule has 5 rings (SSSR count). The van der Waals surface area contributed by atoms with Crippen LogP contribution in [-0.2, 0) is 51.1 Å². The van der Waals surface area contributed by atoms with Gasteiger partial charge in [-0.15, -0.1) is 11.3 Å². The molecule has 1 aliphatic carbocycles. The zero-order valence-electron chi connectivity index (χ0n) is 29.1. The van der Waals surface area contributed by atoms with Gasteiger partial charge in [0.2, 0.25) is 0 Å². The Kier molecular flexibility index (Phi) is 11.9. The Morgan fingerprint density at radius 3 is 2.53 bits per heavy atom. The smallest absolute Gasteiger partial charge is 0.336 e. The van der Waals surface area contributed by atoms with Crippen molar-refractivity contribution in [2.24, 2.45) is 22.4 Å². The molecule has 0 saturated heterocycles. The quantitative estimate of drug-likeness (QED) is 0.103. The van der Waals surface area contributed by atoms with Gasteiger partial charge in [0.1, 0.15) is 11.5 Å². The number of nitriles is 2. The van der Waals surface area contributed by atoms with Crippen molar-refractivity contribution in [1.29, 1.82) is 10.5 Å². The fourth-order valence-corrected chi connectivity index (χ4v) is 8.98. The van der Waals surface area contributed by atoms with Crippen LogP contribution >= 0.6 is 19.2 Å². The topological polar surface area (TPSA) is 171 Å². The first-order chi connectivity index (χ1) is 24.4. The maximum absolute atomic E-state index is 14.3. The number of aryl methyl sites for hydroxylation is 1. The van der Waals surface area contributed by atoms with E-state index in [4.69, 9.17) is 24.1 Å². The molecule has 0 spiro atoms. The first-order valence-corrected chi connectivity index (χ1v) is 18.6. The standard InChI is InChI=1S/C36H40N7O6PS/c1-36(2)20-27-26-12-16-43(35(45)33(26)51-31(27)21-36)30-10-6-9-25(28(30)23-49-50(46,47-17-7-13-37)48-18-8-14-38)24-19-29(34(44)42(5)22-24)41-32(40-4)11-15-39-3/h6,9-11,15,19,22,41H,4,7-8,12,16-18,20-21,23H2,1-3,5H3/b32-11+,39-15-. The molecule has 0 bridgehead atoms. The second-order valence-electron chi connectivity index (χ2n) is 12.8. The zero-order valence-corrected chi connectivity index (χ0v) is 30.8. The van der Waals surface area contributed by atoms with Crippen molar-refractivity contribution >= 4 is 49.4 Å². The van der Waals surface area contributed by atoms with Gasteiger partial charge in [-0.1, -0.05) is 26.0 Å². The predicted octanol–water partition coefficient (Wildman–Crippen LogP) is 6.58. The Labute approximate surface area is 301 Å². The Balaban J connectivity index is 1.60. The number of hydrogen-bond donors (Lipinski definition) is 1. The lowest BCUT2D eigenvalue weighted by molar-refractivity contribution is 0.0984. The number of aromatic nitrogens is 1. The van der Waals surface area contributed by atoms with E-state index < -0.39 is 7.82 Å². The van der Waals surface area contributed by atoms with Crippen LogP contribution in [0.2, 0.25) is 0 Å². The normalized spacial score (nSPS) is 15.4. The molecule has 2 aromatic heterocycles. The number of amides is 1. The highest BCUT2D eigenvalue weighted by Gasteiger charge is 2.39. The summed E-state index contributed by atoms with van der Waals surface area (Å²) in [6.07, 6.45) is 7.18. The maximum Gasteiger partial charge on any atom is 0.475 e. The van der Waals surface area contributed by atoms with Crippen LogP contribution in [0.1, 0.15) is 57.9 Å². The van der Waals surface area contributed by atoms with Crippen molar-refractivity contribution < 1.29 is 22.9 Å². The molecule has 3 heterocycles. The number of aliphatic imine (C=N–C) groups is 2. The summed E-state index contributed by atoms with van der Waals surface area (Å²) in [7, 11) is -1.05. The summed E-state index contributed by atoms with van der Waals surface area (Å²) in [5.41, 5.74) is 4.67. The summed E-state index contributed by atoms with van der Waals surface area (Å²) in [6.45, 7) is 7.73. The fourth-order valence-electron chi connectivity index (χ4n) is 6.27. The lowest BCUT2D eigenvalue weighted by atomic mass is 9.89. The molecule has 266 valence electrons. The SMILES string of the molecule is C=N/C(=C\C=N/C)Nc1cc(-c2cccc(N3CCc4c(sc5c4CC(C)(C)C5)C3=O)c2COP(=O)(OCCC#N)OCCC#N)cn(C)c1=O. The number of anilines is 2. The third kappa shape index (κ3) is 8.45. The van der Waals surface area contributed by atoms with Crippen LogP contribution < -0.4 is 15.8 Å². The van der Waals surface area contributed by atoms with E-state index in [1.54, 1.807) is 54.7 Å². The van der Waals surface area contributed by atoms with E-state index in [2.05, 4.69) is 35.9 Å². The molecule has 2 aliphatic rings. The lowest BCUT2D eigenvalue weighted by Crippen LogP contribution is -2.37. The number of carbonyl (C=O) groups is 1. The predicted molar refractivity (Wildman–Crippen MR) is 198 cm³/mol. The molecule has 1 aromatic carbocycles. The van der Waals surface area contributed by atoms with Crippen LogP contribution in [-0.4, -0.2) is 50.2 Å². The first-order valence-electron chi connectivity index (χ1n) is 16.4. The van der Waals surface area contributed by atoms with Crippen molar-refractivity contribution in [2.45, 2.75) is 52.6 Å². The van der Waals surface area contributed by atoms with Crippen LogP contribution in [0.4, 0.5) is 11.4 Å². The van der Waals surface area contributed by atoms with Crippen molar-refractivity contribution in [2.75, 3.05) is 37.0 Å². The van der Waals surface area contributed by atoms with Gasteiger partial charge in [-0.2, -0.15) is 10.5 Å². The van der Waals surface area contributed by atoms with E-state index in [0.717, 1.165) is 23.3 Å². The van der Waals surface area contributed by atoms with Gasteiger partial charge in [-0.25, -0.2) is 9.56 Å². The summed E-state index contributed by atoms with van der Waals surface area (Å²) >= 11 is 1.56. The van der Waals surface area contributed by atoms with Gasteiger partial charge in [0, 0.05) is 49.1 Å². The van der Waals surface area contributed by atoms with Crippen LogP contribution in [0, 0.1) is 28.1 Å². The number of rotatable bonds is 15. The molecule has 0 unspecified atom stereocenters. The number of fused-ring (bicyclic) bond motifs is 3. The molecule has 3 aromatic rings. The average Bonchev–Trinajstić information content (AvgIpc) is 3.60. The number of pyridine rings is 1. The Morgan fingerprint density at radius 1 is 1.14 bits per heavy atom. The Hall–Kier alpha value is -4.69. The molecule has 0 fully saturated rings. The number of benzene rings is 1. The van der Waals surface area contributed by atoms with E-state index in [1.807, 2.05) is 24.3 Å². The number of carbonyl (C=O) groups excluding carboxylic acids is 1. The lowest BCUT2D eigenvalue weighted by Gasteiger charge is -2.31. The van der Waals surface area contributed by atoms with Crippen LogP contribution in [0.15, 0.2) is 57.1 Å². The van der Waals surface area contributed by atoms with E-state index in [0.29, 0.717) is 41.2 Å². The minimum absolute atomic E-state index is 0.0582. The first kappa shape index (κ1) is 37.6. The molecule has 1 N–H and O–H groups in total. The summed E-state index contributed by atoms with van der Waals surface area (Å²) in [6, 6.07) is 11.0. The van der Waals surface area contributed by atoms with Crippen LogP contribution in [0.25, 0.3) is 11.1 Å². The minimum Gasteiger partial charge on any atom is -0.336 e. The molecule has 0 radical (unpaired) electrons. The molecular weight excluding hydrogens is 689 g/mol. The Morgan fingerprint density at radius 2 is 1.86 bits per heavy atom. The molecule has 1 amide bonds. The molecule has 13 nitrogen and oxygen atoms in total. The van der Waals surface area contributed by atoms with Gasteiger partial charge in [0.05, 0.1) is 55.4 Å². The molecule has 0 atom stereocenters. The van der Waals surface area contributed by atoms with Gasteiger partial charge in [-0.3, -0.25) is 28.2 Å². The number of nitrogens with zero attached hydrogens (tertiary/aromatic N) is 6. The highest BCUT2D eigenvalue weighted by atomic mass is 32.1. The second-order valence-corrected chi connectivity index (χ2v) is 15.6. The third-order valence-corrected chi connectivity index (χ3v) is 11.3. The van der Waals surface area contributed by atoms with E-state index >= 15 is 0 Å². The number of phosphoric acid groups is 1. The van der Waals surface area contributed by atoms with Crippen molar-refractivity contribution in [3.63, 3.8) is 0 Å². The fraction of sp³-hybridized carbons (Fsp3) is 0.389. The number of thiophene rings is 1.